The fraction of sp³-hybridized carbons (Fsp3) is 0.158. The third-order valence-electron chi connectivity index (χ3n) is 4.48. The molecule has 2 aromatic heterocycles. The predicted molar refractivity (Wildman–Crippen MR) is 96.6 cm³/mol. The molecular weight excluding hydrogens is 316 g/mol. The minimum atomic E-state index is 0.267. The summed E-state index contributed by atoms with van der Waals surface area (Å²) in [6.07, 6.45) is 0. The van der Waals surface area contributed by atoms with Gasteiger partial charge in [0.1, 0.15) is 0 Å². The number of benzene rings is 2. The number of hydrogen-bond donors (Lipinski definition) is 1. The van der Waals surface area contributed by atoms with Gasteiger partial charge in [-0.15, -0.1) is 0 Å². The zero-order chi connectivity index (χ0) is 17.0. The Morgan fingerprint density at radius 3 is 2.84 bits per heavy atom. The molecule has 25 heavy (non-hydrogen) atoms. The molecule has 0 bridgehead atoms. The normalized spacial score (nSPS) is 12.9. The Kier molecular flexibility index (Phi) is 2.88. The highest BCUT2D eigenvalue weighted by Crippen LogP contribution is 2.38. The van der Waals surface area contributed by atoms with E-state index in [1.54, 1.807) is 0 Å². The van der Waals surface area contributed by atoms with Gasteiger partial charge < -0.3 is 14.8 Å². The van der Waals surface area contributed by atoms with Crippen LogP contribution >= 0.6 is 0 Å². The van der Waals surface area contributed by atoms with E-state index in [4.69, 9.17) is 14.5 Å². The molecule has 6 heteroatoms. The van der Waals surface area contributed by atoms with Gasteiger partial charge in [0.2, 0.25) is 6.79 Å². The smallest absolute Gasteiger partial charge is 0.231 e. The zero-order valence-electron chi connectivity index (χ0n) is 13.9. The molecular formula is C19H16N4O2. The summed E-state index contributed by atoms with van der Waals surface area (Å²) in [5, 5.41) is 10.2. The number of aromatic nitrogens is 3. The Bertz CT molecular complexity index is 1130. The minimum absolute atomic E-state index is 0.267. The molecule has 0 fully saturated rings. The van der Waals surface area contributed by atoms with Crippen molar-refractivity contribution in [1.82, 2.24) is 14.8 Å². The molecule has 0 aliphatic carbocycles. The number of pyridine rings is 1. The maximum absolute atomic E-state index is 5.49. The van der Waals surface area contributed by atoms with Gasteiger partial charge in [0.25, 0.3) is 0 Å². The van der Waals surface area contributed by atoms with Gasteiger partial charge >= 0.3 is 0 Å². The predicted octanol–water partition coefficient (Wildman–Crippen LogP) is 3.90. The van der Waals surface area contributed by atoms with Crippen molar-refractivity contribution < 1.29 is 9.47 Å². The first-order valence-electron chi connectivity index (χ1n) is 8.09. The number of nitrogens with zero attached hydrogens (tertiary/aromatic N) is 3. The van der Waals surface area contributed by atoms with Gasteiger partial charge in [-0.05, 0) is 25.1 Å². The number of para-hydroxylation sites is 1. The summed E-state index contributed by atoms with van der Waals surface area (Å²) in [4.78, 5) is 4.77. The summed E-state index contributed by atoms with van der Waals surface area (Å²) < 4.78 is 12.7. The van der Waals surface area contributed by atoms with Crippen LogP contribution in [0.2, 0.25) is 0 Å². The first-order chi connectivity index (χ1) is 12.2. The van der Waals surface area contributed by atoms with Crippen LogP contribution in [0.5, 0.6) is 11.5 Å². The van der Waals surface area contributed by atoms with Crippen LogP contribution in [0.1, 0.15) is 5.69 Å². The molecule has 0 saturated carbocycles. The highest BCUT2D eigenvalue weighted by atomic mass is 16.7. The van der Waals surface area contributed by atoms with Crippen molar-refractivity contribution in [1.29, 1.82) is 0 Å². The van der Waals surface area contributed by atoms with Crippen molar-refractivity contribution in [3.8, 4) is 11.5 Å². The average Bonchev–Trinajstić information content (AvgIpc) is 3.19. The lowest BCUT2D eigenvalue weighted by Crippen LogP contribution is -1.97. The quantitative estimate of drug-likeness (QED) is 0.603. The zero-order valence-corrected chi connectivity index (χ0v) is 13.9. The van der Waals surface area contributed by atoms with E-state index >= 15 is 0 Å². The first kappa shape index (κ1) is 14.1. The van der Waals surface area contributed by atoms with Crippen molar-refractivity contribution in [3.63, 3.8) is 0 Å². The van der Waals surface area contributed by atoms with E-state index in [0.29, 0.717) is 0 Å². The maximum Gasteiger partial charge on any atom is 0.231 e. The van der Waals surface area contributed by atoms with Crippen molar-refractivity contribution in [3.05, 3.63) is 48.2 Å². The molecule has 5 rings (SSSR count). The van der Waals surface area contributed by atoms with Crippen LogP contribution < -0.4 is 14.8 Å². The highest BCUT2D eigenvalue weighted by Gasteiger charge is 2.17. The number of ether oxygens (including phenoxy) is 2. The Balaban J connectivity index is 1.75. The summed E-state index contributed by atoms with van der Waals surface area (Å²) in [5.41, 5.74) is 4.68. The van der Waals surface area contributed by atoms with Crippen LogP contribution in [0, 0.1) is 6.92 Å². The van der Waals surface area contributed by atoms with Crippen molar-refractivity contribution >= 4 is 33.3 Å². The standard InChI is InChI=1S/C19H16N4O2/c1-11-17-18(20-12-7-8-15-16(9-12)25-10-24-15)13-5-3-4-6-14(13)21-19(17)23(2)22-11/h3-9H,10H2,1-2H3,(H,20,21). The summed E-state index contributed by atoms with van der Waals surface area (Å²) in [5.74, 6) is 1.52. The maximum atomic E-state index is 5.49. The molecule has 2 aromatic carbocycles. The molecule has 4 aromatic rings. The lowest BCUT2D eigenvalue weighted by atomic mass is 10.1. The van der Waals surface area contributed by atoms with Crippen LogP contribution in [-0.2, 0) is 7.05 Å². The first-order valence-corrected chi connectivity index (χ1v) is 8.09. The number of fused-ring (bicyclic) bond motifs is 3. The van der Waals surface area contributed by atoms with E-state index in [-0.39, 0.29) is 6.79 Å². The minimum Gasteiger partial charge on any atom is -0.454 e. The van der Waals surface area contributed by atoms with E-state index in [1.165, 1.54) is 0 Å². The molecule has 6 nitrogen and oxygen atoms in total. The molecule has 0 atom stereocenters. The fourth-order valence-corrected chi connectivity index (χ4v) is 3.35. The van der Waals surface area contributed by atoms with Crippen LogP contribution in [-0.4, -0.2) is 21.6 Å². The largest absolute Gasteiger partial charge is 0.454 e. The number of nitrogens with one attached hydrogen (secondary N) is 1. The van der Waals surface area contributed by atoms with Gasteiger partial charge in [0, 0.05) is 24.2 Å². The fourth-order valence-electron chi connectivity index (χ4n) is 3.35. The monoisotopic (exact) mass is 332 g/mol. The van der Waals surface area contributed by atoms with Gasteiger partial charge in [0.05, 0.1) is 22.3 Å². The van der Waals surface area contributed by atoms with Gasteiger partial charge in [-0.2, -0.15) is 5.10 Å². The third-order valence-corrected chi connectivity index (χ3v) is 4.48. The molecule has 0 saturated heterocycles. The molecule has 3 heterocycles. The Morgan fingerprint density at radius 1 is 1.08 bits per heavy atom. The number of anilines is 2. The topological polar surface area (TPSA) is 61.2 Å². The SMILES string of the molecule is Cc1nn(C)c2nc3ccccc3c(Nc3ccc4c(c3)OCO4)c12. The Labute approximate surface area is 144 Å². The van der Waals surface area contributed by atoms with E-state index in [1.807, 2.05) is 55.1 Å². The second-order valence-corrected chi connectivity index (χ2v) is 6.10. The second-order valence-electron chi connectivity index (χ2n) is 6.10. The summed E-state index contributed by atoms with van der Waals surface area (Å²) in [7, 11) is 1.92. The molecule has 0 amide bonds. The highest BCUT2D eigenvalue weighted by molar-refractivity contribution is 6.08. The van der Waals surface area contributed by atoms with Gasteiger partial charge in [-0.1, -0.05) is 18.2 Å². The Morgan fingerprint density at radius 2 is 1.92 bits per heavy atom. The average molecular weight is 332 g/mol. The summed E-state index contributed by atoms with van der Waals surface area (Å²) >= 11 is 0. The third kappa shape index (κ3) is 2.11. The van der Waals surface area contributed by atoms with E-state index in [9.17, 15) is 0 Å². The lowest BCUT2D eigenvalue weighted by molar-refractivity contribution is 0.174. The van der Waals surface area contributed by atoms with E-state index in [0.717, 1.165) is 50.5 Å². The molecule has 0 radical (unpaired) electrons. The number of rotatable bonds is 2. The van der Waals surface area contributed by atoms with Gasteiger partial charge in [0.15, 0.2) is 17.1 Å². The van der Waals surface area contributed by atoms with E-state index in [2.05, 4.69) is 16.5 Å². The molecule has 0 spiro atoms. The van der Waals surface area contributed by atoms with Crippen molar-refractivity contribution in [2.75, 3.05) is 12.1 Å². The van der Waals surface area contributed by atoms with Crippen LogP contribution in [0.4, 0.5) is 11.4 Å². The summed E-state index contributed by atoms with van der Waals surface area (Å²) in [6.45, 7) is 2.27. The lowest BCUT2D eigenvalue weighted by Gasteiger charge is -2.12. The van der Waals surface area contributed by atoms with Crippen molar-refractivity contribution in [2.45, 2.75) is 6.92 Å². The summed E-state index contributed by atoms with van der Waals surface area (Å²) in [6, 6.07) is 14.0. The molecule has 1 aliphatic rings. The molecule has 0 unspecified atom stereocenters. The Hall–Kier alpha value is -3.28. The molecule has 124 valence electrons. The van der Waals surface area contributed by atoms with E-state index < -0.39 is 0 Å². The van der Waals surface area contributed by atoms with Crippen LogP contribution in [0.15, 0.2) is 42.5 Å². The van der Waals surface area contributed by atoms with Crippen LogP contribution in [0.25, 0.3) is 21.9 Å². The second kappa shape index (κ2) is 5.11. The van der Waals surface area contributed by atoms with Crippen molar-refractivity contribution in [2.24, 2.45) is 7.05 Å². The van der Waals surface area contributed by atoms with Gasteiger partial charge in [-0.3, -0.25) is 4.68 Å². The number of aryl methyl sites for hydroxylation is 2. The van der Waals surface area contributed by atoms with Crippen LogP contribution in [0.3, 0.4) is 0 Å². The number of hydrogen-bond acceptors (Lipinski definition) is 5. The van der Waals surface area contributed by atoms with Gasteiger partial charge in [-0.25, -0.2) is 4.98 Å². The molecule has 1 N–H and O–H groups in total. The molecule has 1 aliphatic heterocycles.